The minimum atomic E-state index is -0.909. The summed E-state index contributed by atoms with van der Waals surface area (Å²) in [7, 11) is 1.74. The fraction of sp³-hybridized carbons (Fsp3) is 0.393. The molecule has 3 aromatic rings. The molecule has 3 aromatic carbocycles. The first kappa shape index (κ1) is 19.8. The maximum absolute atomic E-state index is 11.3. The van der Waals surface area contributed by atoms with Crippen molar-refractivity contribution < 1.29 is 19.7 Å². The van der Waals surface area contributed by atoms with Gasteiger partial charge in [0.05, 0.1) is 18.3 Å². The largest absolute Gasteiger partial charge is 0.496 e. The molecule has 32 heavy (non-hydrogen) atoms. The Kier molecular flexibility index (Phi) is 4.22. The molecule has 2 N–H and O–H groups in total. The first-order valence-electron chi connectivity index (χ1n) is 11.5. The predicted molar refractivity (Wildman–Crippen MR) is 124 cm³/mol. The van der Waals surface area contributed by atoms with Gasteiger partial charge in [0.1, 0.15) is 5.75 Å². The minimum Gasteiger partial charge on any atom is -0.496 e. The molecule has 0 heterocycles. The van der Waals surface area contributed by atoms with Crippen LogP contribution in [0.1, 0.15) is 54.4 Å². The second-order valence-corrected chi connectivity index (χ2v) is 10.5. The van der Waals surface area contributed by atoms with Gasteiger partial charge in [-0.25, -0.2) is 4.79 Å². The second kappa shape index (κ2) is 6.82. The molecule has 0 amide bonds. The van der Waals surface area contributed by atoms with Crippen LogP contribution in [-0.2, 0) is 5.41 Å². The minimum absolute atomic E-state index is 0.00652. The Bertz CT molecular complexity index is 1230. The van der Waals surface area contributed by atoms with Gasteiger partial charge >= 0.3 is 5.97 Å². The fourth-order valence-corrected chi connectivity index (χ4v) is 7.39. The average molecular weight is 429 g/mol. The molecule has 4 bridgehead atoms. The van der Waals surface area contributed by atoms with Gasteiger partial charge in [-0.15, -0.1) is 0 Å². The quantitative estimate of drug-likeness (QED) is 0.551. The van der Waals surface area contributed by atoms with Crippen molar-refractivity contribution in [1.82, 2.24) is 0 Å². The van der Waals surface area contributed by atoms with E-state index in [-0.39, 0.29) is 5.41 Å². The molecule has 0 aliphatic heterocycles. The topological polar surface area (TPSA) is 66.8 Å². The van der Waals surface area contributed by atoms with Gasteiger partial charge in [-0.1, -0.05) is 24.3 Å². The van der Waals surface area contributed by atoms with Crippen LogP contribution in [0.25, 0.3) is 21.9 Å². The third-order valence-electron chi connectivity index (χ3n) is 8.22. The fourth-order valence-electron chi connectivity index (χ4n) is 7.39. The molecule has 2 unspecified atom stereocenters. The number of aromatic carboxylic acids is 1. The SMILES string of the molecule is COc1ccc(-c2ccc3cc(C(=O)O)ccc3c2)cc1C12CC3CC(CC(O)(C3)C1)C2. The third-order valence-corrected chi connectivity index (χ3v) is 8.22. The average Bonchev–Trinajstić information content (AvgIpc) is 2.76. The first-order chi connectivity index (χ1) is 15.4. The Morgan fingerprint density at radius 1 is 0.906 bits per heavy atom. The number of benzene rings is 3. The lowest BCUT2D eigenvalue weighted by molar-refractivity contribution is -0.137. The Hall–Kier alpha value is -2.85. The van der Waals surface area contributed by atoms with E-state index in [9.17, 15) is 15.0 Å². The number of fused-ring (bicyclic) bond motifs is 1. The van der Waals surface area contributed by atoms with E-state index in [1.165, 1.54) is 12.0 Å². The molecule has 4 heteroatoms. The van der Waals surface area contributed by atoms with E-state index in [1.807, 2.05) is 12.1 Å². The van der Waals surface area contributed by atoms with Crippen molar-refractivity contribution >= 4 is 16.7 Å². The van der Waals surface area contributed by atoms with E-state index < -0.39 is 11.6 Å². The van der Waals surface area contributed by atoms with E-state index in [1.54, 1.807) is 19.2 Å². The lowest BCUT2D eigenvalue weighted by Gasteiger charge is -2.60. The van der Waals surface area contributed by atoms with Crippen molar-refractivity contribution in [3.8, 4) is 16.9 Å². The number of carbonyl (C=O) groups is 1. The molecule has 4 nitrogen and oxygen atoms in total. The molecule has 4 aliphatic carbocycles. The molecule has 0 radical (unpaired) electrons. The van der Waals surface area contributed by atoms with Crippen LogP contribution in [0.4, 0.5) is 0 Å². The van der Waals surface area contributed by atoms with E-state index in [4.69, 9.17) is 4.74 Å². The molecule has 4 fully saturated rings. The zero-order valence-electron chi connectivity index (χ0n) is 18.3. The maximum Gasteiger partial charge on any atom is 0.335 e. The van der Waals surface area contributed by atoms with E-state index in [0.29, 0.717) is 17.4 Å². The van der Waals surface area contributed by atoms with E-state index in [2.05, 4.69) is 30.3 Å². The van der Waals surface area contributed by atoms with Gasteiger partial charge in [-0.2, -0.15) is 0 Å². The van der Waals surface area contributed by atoms with Crippen LogP contribution in [0.15, 0.2) is 54.6 Å². The molecule has 0 saturated heterocycles. The van der Waals surface area contributed by atoms with Gasteiger partial charge in [0.15, 0.2) is 0 Å². The monoisotopic (exact) mass is 428 g/mol. The Morgan fingerprint density at radius 2 is 1.56 bits per heavy atom. The highest BCUT2D eigenvalue weighted by Gasteiger charge is 2.58. The van der Waals surface area contributed by atoms with Crippen LogP contribution in [0.2, 0.25) is 0 Å². The summed E-state index contributed by atoms with van der Waals surface area (Å²) in [6, 6.07) is 17.9. The van der Waals surface area contributed by atoms with Gasteiger partial charge in [0, 0.05) is 11.0 Å². The molecule has 0 spiro atoms. The molecule has 4 saturated carbocycles. The van der Waals surface area contributed by atoms with Crippen molar-refractivity contribution in [3.63, 3.8) is 0 Å². The Morgan fingerprint density at radius 3 is 2.25 bits per heavy atom. The summed E-state index contributed by atoms with van der Waals surface area (Å²) in [5.74, 6) is 1.23. The number of ether oxygens (including phenoxy) is 1. The number of methoxy groups -OCH3 is 1. The normalized spacial score (nSPS) is 30.6. The second-order valence-electron chi connectivity index (χ2n) is 10.5. The zero-order chi connectivity index (χ0) is 22.1. The molecule has 7 rings (SSSR count). The number of hydrogen-bond donors (Lipinski definition) is 2. The highest BCUT2D eigenvalue weighted by atomic mass is 16.5. The van der Waals surface area contributed by atoms with E-state index in [0.717, 1.165) is 59.8 Å². The van der Waals surface area contributed by atoms with Gasteiger partial charge in [-0.3, -0.25) is 0 Å². The summed E-state index contributed by atoms with van der Waals surface area (Å²) in [6.07, 6.45) is 6.28. The molecule has 4 aliphatic rings. The van der Waals surface area contributed by atoms with Crippen molar-refractivity contribution in [3.05, 3.63) is 65.7 Å². The van der Waals surface area contributed by atoms with Crippen molar-refractivity contribution in [2.75, 3.05) is 7.11 Å². The van der Waals surface area contributed by atoms with Gasteiger partial charge < -0.3 is 14.9 Å². The smallest absolute Gasteiger partial charge is 0.335 e. The van der Waals surface area contributed by atoms with Crippen LogP contribution in [0.3, 0.4) is 0 Å². The first-order valence-corrected chi connectivity index (χ1v) is 11.5. The molecule has 2 atom stereocenters. The number of hydrogen-bond acceptors (Lipinski definition) is 3. The predicted octanol–water partition coefficient (Wildman–Crippen LogP) is 5.80. The highest BCUT2D eigenvalue weighted by Crippen LogP contribution is 2.63. The van der Waals surface area contributed by atoms with Gasteiger partial charge in [0.2, 0.25) is 0 Å². The number of rotatable bonds is 4. The lowest BCUT2D eigenvalue weighted by Crippen LogP contribution is -2.57. The Balaban J connectivity index is 1.44. The third kappa shape index (κ3) is 3.04. The molecular weight excluding hydrogens is 400 g/mol. The number of carboxylic acids is 1. The van der Waals surface area contributed by atoms with Crippen molar-refractivity contribution in [2.45, 2.75) is 49.5 Å². The summed E-state index contributed by atoms with van der Waals surface area (Å²) in [5.41, 5.74) is 3.26. The van der Waals surface area contributed by atoms with Crippen LogP contribution < -0.4 is 4.74 Å². The van der Waals surface area contributed by atoms with Crippen molar-refractivity contribution in [2.24, 2.45) is 11.8 Å². The molecule has 164 valence electrons. The lowest BCUT2D eigenvalue weighted by atomic mass is 9.46. The molecule has 0 aromatic heterocycles. The van der Waals surface area contributed by atoms with Crippen LogP contribution in [0, 0.1) is 11.8 Å². The number of aliphatic hydroxyl groups is 1. The van der Waals surface area contributed by atoms with Crippen LogP contribution >= 0.6 is 0 Å². The summed E-state index contributed by atoms with van der Waals surface area (Å²) in [5, 5.41) is 22.5. The van der Waals surface area contributed by atoms with E-state index >= 15 is 0 Å². The number of carboxylic acid groups (broad SMARTS) is 1. The molecular formula is C28H28O4. The summed E-state index contributed by atoms with van der Waals surface area (Å²) in [4.78, 5) is 11.3. The van der Waals surface area contributed by atoms with Crippen LogP contribution in [-0.4, -0.2) is 28.9 Å². The van der Waals surface area contributed by atoms with Gasteiger partial charge in [-0.05, 0) is 103 Å². The van der Waals surface area contributed by atoms with Crippen molar-refractivity contribution in [1.29, 1.82) is 0 Å². The zero-order valence-corrected chi connectivity index (χ0v) is 18.3. The van der Waals surface area contributed by atoms with Crippen LogP contribution in [0.5, 0.6) is 5.75 Å². The maximum atomic E-state index is 11.3. The summed E-state index contributed by atoms with van der Waals surface area (Å²) in [6.45, 7) is 0. The summed E-state index contributed by atoms with van der Waals surface area (Å²) < 4.78 is 5.83. The van der Waals surface area contributed by atoms with Gasteiger partial charge in [0.25, 0.3) is 0 Å². The Labute approximate surface area is 187 Å². The standard InChI is InChI=1S/C28H28O4/c1-32-25-7-6-22(20-2-3-21-10-23(26(29)30)5-4-19(21)9-20)11-24(25)27-12-17-8-18(13-27)15-28(31,14-17)16-27/h2-7,9-11,17-18,31H,8,12-16H2,1H3,(H,29,30). The summed E-state index contributed by atoms with van der Waals surface area (Å²) >= 11 is 0. The highest BCUT2D eigenvalue weighted by molar-refractivity contribution is 5.95.